The van der Waals surface area contributed by atoms with Crippen LogP contribution in [0.15, 0.2) is 218 Å². The van der Waals surface area contributed by atoms with E-state index in [4.69, 9.17) is 0 Å². The van der Waals surface area contributed by atoms with Gasteiger partial charge in [-0.05, 0) is 0 Å². The Hall–Kier alpha value is -7.28. The minimum atomic E-state index is -5.99. The Morgan fingerprint density at radius 3 is 0.557 bits per heavy atom. The van der Waals surface area contributed by atoms with Crippen LogP contribution >= 0.6 is 0 Å². The minimum absolute atomic E-state index is 0.200. The van der Waals surface area contributed by atoms with Crippen molar-refractivity contribution in [1.82, 2.24) is 0 Å². The van der Waals surface area contributed by atoms with Gasteiger partial charge in [-0.2, -0.15) is 0 Å². The summed E-state index contributed by atoms with van der Waals surface area (Å²) in [7, 11) is 0. The van der Waals surface area contributed by atoms with Crippen LogP contribution in [0.2, 0.25) is 0 Å². The number of benzene rings is 8. The van der Waals surface area contributed by atoms with Crippen molar-refractivity contribution in [1.29, 1.82) is 0 Å². The Labute approximate surface area is 415 Å². The van der Waals surface area contributed by atoms with Gasteiger partial charge in [0.1, 0.15) is 0 Å². The molecule has 70 heavy (non-hydrogen) atoms. The van der Waals surface area contributed by atoms with Gasteiger partial charge >= 0.3 is 418 Å². The summed E-state index contributed by atoms with van der Waals surface area (Å²) in [5, 5.41) is 0. The van der Waals surface area contributed by atoms with Crippen LogP contribution in [0.1, 0.15) is 105 Å². The summed E-state index contributed by atoms with van der Waals surface area (Å²) >= 11 is -11.8. The normalized spacial score (nSPS) is 11.0. The van der Waals surface area contributed by atoms with Crippen LogP contribution in [0.5, 0.6) is 0 Å². The number of carbonyl (C=O) groups excluding carboxylic acids is 8. The summed E-state index contributed by atoms with van der Waals surface area (Å²) in [6.45, 7) is 7.05. The summed E-state index contributed by atoms with van der Waals surface area (Å²) < 4.78 is -4.99. The van der Waals surface area contributed by atoms with E-state index in [9.17, 15) is 38.4 Å². The molecule has 0 amide bonds. The predicted octanol–water partition coefficient (Wildman–Crippen LogP) is 11.5. The molecule has 344 valence electrons. The molecule has 8 aromatic carbocycles. The zero-order valence-corrected chi connectivity index (χ0v) is 44.8. The zero-order chi connectivity index (χ0) is 50.0. The summed E-state index contributed by atoms with van der Waals surface area (Å²) in [4.78, 5) is 115. The van der Waals surface area contributed by atoms with Gasteiger partial charge in [0, 0.05) is 0 Å². The molecular formula is C60H48O8Sn2. The van der Waals surface area contributed by atoms with Crippen LogP contribution in [0, 0.1) is 27.7 Å². The Bertz CT molecular complexity index is 2850. The second-order valence-electron chi connectivity index (χ2n) is 16.9. The maximum atomic E-state index is 14.7. The van der Waals surface area contributed by atoms with Gasteiger partial charge in [-0.3, -0.25) is 0 Å². The summed E-state index contributed by atoms with van der Waals surface area (Å²) in [5.74, 6) is 0. The Kier molecular flexibility index (Phi) is 16.2. The van der Waals surface area contributed by atoms with Crippen molar-refractivity contribution < 1.29 is 38.4 Å². The first-order valence-corrected chi connectivity index (χ1v) is 34.0. The van der Waals surface area contributed by atoms with Gasteiger partial charge in [0.25, 0.3) is 0 Å². The van der Waals surface area contributed by atoms with Gasteiger partial charge in [0.05, 0.1) is 0 Å². The van der Waals surface area contributed by atoms with Gasteiger partial charge in [0.15, 0.2) is 0 Å². The molecule has 0 bridgehead atoms. The van der Waals surface area contributed by atoms with E-state index in [0.717, 1.165) is 0 Å². The SMILES string of the molecule is Cc1ccccc1[C](=O)[Sn]([C](=O)c1ccccc1C)([C](=O)c1ccccc1C)[C](=O)c1ccccc1C.O=[C](c1ccccc1)[Sn]([C](=O)c1ccccc1)([C](=O)c1ccccc1)[C](=O)c1ccccc1. The van der Waals surface area contributed by atoms with Crippen LogP contribution in [-0.4, -0.2) is 67.1 Å². The van der Waals surface area contributed by atoms with Crippen molar-refractivity contribution in [3.05, 3.63) is 285 Å². The second-order valence-corrected chi connectivity index (χ2v) is 35.8. The molecule has 10 heteroatoms. The number of rotatable bonds is 16. The molecular weight excluding hydrogens is 1090 g/mol. The Balaban J connectivity index is 0.000000208. The summed E-state index contributed by atoms with van der Waals surface area (Å²) in [5.41, 5.74) is 4.32. The molecule has 0 aliphatic carbocycles. The van der Waals surface area contributed by atoms with Gasteiger partial charge < -0.3 is 0 Å². The third kappa shape index (κ3) is 9.79. The van der Waals surface area contributed by atoms with Crippen molar-refractivity contribution in [3.63, 3.8) is 0 Å². The molecule has 0 spiro atoms. The average Bonchev–Trinajstić information content (AvgIpc) is 3.40. The molecule has 0 fully saturated rings. The molecule has 0 saturated heterocycles. The summed E-state index contributed by atoms with van der Waals surface area (Å²) in [6, 6.07) is 60.2. The number of hydrogen-bond acceptors (Lipinski definition) is 8. The Morgan fingerprint density at radius 2 is 0.371 bits per heavy atom. The van der Waals surface area contributed by atoms with Crippen LogP contribution in [0.25, 0.3) is 0 Å². The fraction of sp³-hybridized carbons (Fsp3) is 0.0667. The van der Waals surface area contributed by atoms with E-state index in [0.29, 0.717) is 22.3 Å². The molecule has 0 radical (unpaired) electrons. The van der Waals surface area contributed by atoms with Crippen LogP contribution in [0.4, 0.5) is 0 Å². The third-order valence-corrected chi connectivity index (χ3v) is 34.4. The van der Waals surface area contributed by atoms with E-state index in [1.807, 2.05) is 0 Å². The molecule has 0 aromatic heterocycles. The molecule has 0 saturated carbocycles. The third-order valence-electron chi connectivity index (χ3n) is 12.4. The number of carbonyl (C=O) groups is 8. The second kappa shape index (κ2) is 22.4. The van der Waals surface area contributed by atoms with E-state index in [-0.39, 0.29) is 44.5 Å². The standard InChI is InChI=1S/4C8H7O.4C7H5O.2Sn/c4*1-7-4-2-3-5-8(7)6-9;4*8-6-7-4-2-1-3-5-7;;/h4*2-5H,1H3;4*1-5H;;. The van der Waals surface area contributed by atoms with Crippen molar-refractivity contribution in [2.75, 3.05) is 0 Å². The fourth-order valence-corrected chi connectivity index (χ4v) is 30.3. The predicted molar refractivity (Wildman–Crippen MR) is 277 cm³/mol. The monoisotopic (exact) mass is 1140 g/mol. The molecule has 8 rings (SSSR count). The number of aryl methyl sites for hydroxylation is 4. The number of hydrogen-bond donors (Lipinski definition) is 0. The molecule has 0 aliphatic rings. The van der Waals surface area contributed by atoms with Gasteiger partial charge in [-0.25, -0.2) is 0 Å². The van der Waals surface area contributed by atoms with Gasteiger partial charge in [-0.15, -0.1) is 0 Å². The average molecular weight is 1130 g/mol. The van der Waals surface area contributed by atoms with E-state index < -0.39 is 67.1 Å². The van der Waals surface area contributed by atoms with E-state index in [1.54, 1.807) is 246 Å². The quantitative estimate of drug-likeness (QED) is 0.0873. The fourth-order valence-electron chi connectivity index (χ4n) is 8.58. The molecule has 0 atom stereocenters. The van der Waals surface area contributed by atoms with Crippen molar-refractivity contribution in [2.24, 2.45) is 0 Å². The zero-order valence-electron chi connectivity index (χ0n) is 39.1. The molecule has 0 N–H and O–H groups in total. The van der Waals surface area contributed by atoms with E-state index in [2.05, 4.69) is 0 Å². The van der Waals surface area contributed by atoms with Crippen LogP contribution in [-0.2, 0) is 0 Å². The molecule has 8 aromatic rings. The van der Waals surface area contributed by atoms with Crippen molar-refractivity contribution in [3.8, 4) is 0 Å². The Morgan fingerprint density at radius 1 is 0.214 bits per heavy atom. The molecule has 8 nitrogen and oxygen atoms in total. The van der Waals surface area contributed by atoms with E-state index >= 15 is 0 Å². The molecule has 0 heterocycles. The molecule has 0 aliphatic heterocycles. The van der Waals surface area contributed by atoms with Crippen LogP contribution in [0.3, 0.4) is 0 Å². The van der Waals surface area contributed by atoms with Gasteiger partial charge in [-0.1, -0.05) is 0 Å². The van der Waals surface area contributed by atoms with Gasteiger partial charge in [0.2, 0.25) is 0 Å². The summed E-state index contributed by atoms with van der Waals surface area (Å²) in [6.07, 6.45) is 0. The maximum absolute atomic E-state index is 14.7. The first-order valence-electron chi connectivity index (χ1n) is 22.6. The first-order chi connectivity index (χ1) is 33.8. The first kappa shape index (κ1) is 50.6. The topological polar surface area (TPSA) is 137 Å². The van der Waals surface area contributed by atoms with Crippen molar-refractivity contribution >= 4 is 67.1 Å². The molecule has 0 unspecified atom stereocenters. The van der Waals surface area contributed by atoms with Crippen LogP contribution < -0.4 is 0 Å². The van der Waals surface area contributed by atoms with E-state index in [1.165, 1.54) is 0 Å². The van der Waals surface area contributed by atoms with Crippen molar-refractivity contribution in [2.45, 2.75) is 27.7 Å².